The second kappa shape index (κ2) is 6.12. The average Bonchev–Trinajstić information content (AvgIpc) is 2.35. The number of carboxylic acids is 1. The molecule has 7 heteroatoms. The molecule has 0 aliphatic rings. The number of nitrogens with zero attached hydrogens (tertiary/aromatic N) is 3. The number of hydrogen-bond acceptors (Lipinski definition) is 5. The van der Waals surface area contributed by atoms with E-state index in [-0.39, 0.29) is 18.3 Å². The molecule has 1 aromatic rings. The van der Waals surface area contributed by atoms with Crippen LogP contribution in [0.5, 0.6) is 0 Å². The molecular weight excluding hydrogens is 250 g/mol. The molecule has 0 saturated heterocycles. The summed E-state index contributed by atoms with van der Waals surface area (Å²) in [4.78, 5) is 26.7. The fourth-order valence-corrected chi connectivity index (χ4v) is 1.76. The zero-order valence-corrected chi connectivity index (χ0v) is 11.2. The fraction of sp³-hybridized carbons (Fsp3) is 0.500. The molecule has 1 atom stereocenters. The number of pyridine rings is 1. The molecule has 104 valence electrons. The molecular formula is C12H17N3O4. The van der Waals surface area contributed by atoms with Crippen molar-refractivity contribution in [3.8, 4) is 0 Å². The number of aromatic nitrogens is 1. The first-order chi connectivity index (χ1) is 8.86. The molecule has 1 heterocycles. The summed E-state index contributed by atoms with van der Waals surface area (Å²) >= 11 is 0. The lowest BCUT2D eigenvalue weighted by Crippen LogP contribution is -2.38. The molecule has 1 unspecified atom stereocenters. The minimum Gasteiger partial charge on any atom is -0.480 e. The summed E-state index contributed by atoms with van der Waals surface area (Å²) in [6, 6.07) is 1.39. The van der Waals surface area contributed by atoms with Crippen LogP contribution >= 0.6 is 0 Å². The van der Waals surface area contributed by atoms with Gasteiger partial charge in [-0.15, -0.1) is 0 Å². The quantitative estimate of drug-likeness (QED) is 0.625. The van der Waals surface area contributed by atoms with Gasteiger partial charge in [-0.25, -0.2) is 4.98 Å². The number of anilines is 1. The van der Waals surface area contributed by atoms with Crippen molar-refractivity contribution in [2.75, 3.05) is 11.4 Å². The molecule has 0 aliphatic carbocycles. The van der Waals surface area contributed by atoms with Crippen molar-refractivity contribution < 1.29 is 14.8 Å². The molecule has 0 fully saturated rings. The first kappa shape index (κ1) is 14.9. The molecule has 19 heavy (non-hydrogen) atoms. The lowest BCUT2D eigenvalue weighted by Gasteiger charge is -2.29. The molecule has 0 spiro atoms. The molecule has 0 amide bonds. The number of hydrogen-bond donors (Lipinski definition) is 1. The van der Waals surface area contributed by atoms with Gasteiger partial charge in [-0.2, -0.15) is 0 Å². The van der Waals surface area contributed by atoms with Gasteiger partial charge in [0.15, 0.2) is 0 Å². The summed E-state index contributed by atoms with van der Waals surface area (Å²) in [6.45, 7) is 5.35. The van der Waals surface area contributed by atoms with E-state index in [0.717, 1.165) is 12.6 Å². The number of nitro groups is 1. The van der Waals surface area contributed by atoms with Crippen LogP contribution in [0.4, 0.5) is 11.5 Å². The number of rotatable bonds is 6. The zero-order chi connectivity index (χ0) is 14.6. The van der Waals surface area contributed by atoms with Crippen LogP contribution in [0.2, 0.25) is 0 Å². The Hall–Kier alpha value is -2.18. The van der Waals surface area contributed by atoms with Gasteiger partial charge in [0.1, 0.15) is 18.6 Å². The van der Waals surface area contributed by atoms with Gasteiger partial charge >= 0.3 is 5.97 Å². The molecule has 0 radical (unpaired) electrons. The third kappa shape index (κ3) is 3.64. The van der Waals surface area contributed by atoms with E-state index < -0.39 is 10.9 Å². The Bertz CT molecular complexity index is 490. The third-order valence-corrected chi connectivity index (χ3v) is 2.95. The lowest BCUT2D eigenvalue weighted by molar-refractivity contribution is -0.385. The SMILES string of the molecule is CCC(C)N(CC(=O)O)c1ncc([N+](=O)[O-])cc1C. The lowest BCUT2D eigenvalue weighted by atomic mass is 10.1. The largest absolute Gasteiger partial charge is 0.480 e. The van der Waals surface area contributed by atoms with E-state index in [0.29, 0.717) is 11.4 Å². The fourth-order valence-electron chi connectivity index (χ4n) is 1.76. The van der Waals surface area contributed by atoms with Gasteiger partial charge in [-0.3, -0.25) is 14.9 Å². The molecule has 1 N–H and O–H groups in total. The number of carbonyl (C=O) groups is 1. The maximum atomic E-state index is 10.9. The highest BCUT2D eigenvalue weighted by molar-refractivity contribution is 5.74. The average molecular weight is 267 g/mol. The van der Waals surface area contributed by atoms with Gasteiger partial charge in [0.25, 0.3) is 5.69 Å². The Kier molecular flexibility index (Phi) is 4.80. The summed E-state index contributed by atoms with van der Waals surface area (Å²) in [5.41, 5.74) is 0.497. The summed E-state index contributed by atoms with van der Waals surface area (Å²) in [6.07, 6.45) is 1.91. The molecule has 0 aliphatic heterocycles. The van der Waals surface area contributed by atoms with Crippen molar-refractivity contribution in [1.82, 2.24) is 4.98 Å². The van der Waals surface area contributed by atoms with E-state index in [9.17, 15) is 14.9 Å². The Morgan fingerprint density at radius 1 is 1.63 bits per heavy atom. The maximum Gasteiger partial charge on any atom is 0.323 e. The predicted octanol–water partition coefficient (Wildman–Crippen LogP) is 1.99. The molecule has 1 aromatic heterocycles. The van der Waals surface area contributed by atoms with Crippen LogP contribution < -0.4 is 4.90 Å². The summed E-state index contributed by atoms with van der Waals surface area (Å²) < 4.78 is 0. The number of aryl methyl sites for hydroxylation is 1. The van der Waals surface area contributed by atoms with Crippen LogP contribution in [-0.4, -0.2) is 33.6 Å². The van der Waals surface area contributed by atoms with Crippen molar-refractivity contribution >= 4 is 17.5 Å². The Labute approximate surface area is 111 Å². The highest BCUT2D eigenvalue weighted by atomic mass is 16.6. The van der Waals surface area contributed by atoms with E-state index in [1.807, 2.05) is 13.8 Å². The molecule has 7 nitrogen and oxygen atoms in total. The van der Waals surface area contributed by atoms with Gasteiger partial charge in [-0.05, 0) is 25.8 Å². The maximum absolute atomic E-state index is 10.9. The van der Waals surface area contributed by atoms with Crippen LogP contribution in [0, 0.1) is 17.0 Å². The van der Waals surface area contributed by atoms with E-state index >= 15 is 0 Å². The Balaban J connectivity index is 3.15. The third-order valence-electron chi connectivity index (χ3n) is 2.95. The van der Waals surface area contributed by atoms with Crippen molar-refractivity contribution in [2.24, 2.45) is 0 Å². The van der Waals surface area contributed by atoms with Crippen LogP contribution in [0.15, 0.2) is 12.3 Å². The molecule has 1 rings (SSSR count). The van der Waals surface area contributed by atoms with Gasteiger partial charge in [0.2, 0.25) is 0 Å². The van der Waals surface area contributed by atoms with Crippen LogP contribution in [0.25, 0.3) is 0 Å². The van der Waals surface area contributed by atoms with Gasteiger partial charge in [-0.1, -0.05) is 6.92 Å². The van der Waals surface area contributed by atoms with E-state index in [1.54, 1.807) is 11.8 Å². The Morgan fingerprint density at radius 3 is 2.68 bits per heavy atom. The highest BCUT2D eigenvalue weighted by Crippen LogP contribution is 2.23. The number of aliphatic carboxylic acids is 1. The second-order valence-corrected chi connectivity index (χ2v) is 4.37. The Morgan fingerprint density at radius 2 is 2.26 bits per heavy atom. The zero-order valence-electron chi connectivity index (χ0n) is 11.2. The predicted molar refractivity (Wildman–Crippen MR) is 70.4 cm³/mol. The van der Waals surface area contributed by atoms with Gasteiger partial charge in [0.05, 0.1) is 4.92 Å². The normalized spacial score (nSPS) is 11.9. The smallest absolute Gasteiger partial charge is 0.323 e. The molecule has 0 bridgehead atoms. The second-order valence-electron chi connectivity index (χ2n) is 4.37. The van der Waals surface area contributed by atoms with Crippen LogP contribution in [-0.2, 0) is 4.79 Å². The van der Waals surface area contributed by atoms with E-state index in [2.05, 4.69) is 4.98 Å². The van der Waals surface area contributed by atoms with Crippen LogP contribution in [0.1, 0.15) is 25.8 Å². The van der Waals surface area contributed by atoms with Gasteiger partial charge in [0, 0.05) is 12.1 Å². The van der Waals surface area contributed by atoms with E-state index in [1.165, 1.54) is 6.07 Å². The van der Waals surface area contributed by atoms with Crippen molar-refractivity contribution in [2.45, 2.75) is 33.2 Å². The standard InChI is InChI=1S/C12H17N3O4/c1-4-9(3)14(7-11(16)17)12-8(2)5-10(6-13-12)15(18)19/h5-6,9H,4,7H2,1-3H3,(H,16,17). The summed E-state index contributed by atoms with van der Waals surface area (Å²) in [7, 11) is 0. The topological polar surface area (TPSA) is 96.6 Å². The minimum atomic E-state index is -0.958. The first-order valence-electron chi connectivity index (χ1n) is 5.96. The first-order valence-corrected chi connectivity index (χ1v) is 5.96. The van der Waals surface area contributed by atoms with Crippen molar-refractivity contribution in [1.29, 1.82) is 0 Å². The summed E-state index contributed by atoms with van der Waals surface area (Å²) in [5, 5.41) is 19.6. The van der Waals surface area contributed by atoms with E-state index in [4.69, 9.17) is 5.11 Å². The monoisotopic (exact) mass is 267 g/mol. The molecule has 0 saturated carbocycles. The number of carboxylic acid groups (broad SMARTS) is 1. The van der Waals surface area contributed by atoms with Crippen LogP contribution in [0.3, 0.4) is 0 Å². The van der Waals surface area contributed by atoms with Gasteiger partial charge < -0.3 is 10.0 Å². The summed E-state index contributed by atoms with van der Waals surface area (Å²) in [5.74, 6) is -0.484. The minimum absolute atomic E-state index is 0.0104. The molecule has 0 aromatic carbocycles. The van der Waals surface area contributed by atoms with Crippen molar-refractivity contribution in [3.05, 3.63) is 27.9 Å². The van der Waals surface area contributed by atoms with Crippen molar-refractivity contribution in [3.63, 3.8) is 0 Å². The highest BCUT2D eigenvalue weighted by Gasteiger charge is 2.20.